The lowest BCUT2D eigenvalue weighted by atomic mass is 10.1. The number of oxazole rings is 1. The molecule has 112 valence electrons. The van der Waals surface area contributed by atoms with Crippen molar-refractivity contribution in [2.24, 2.45) is 0 Å². The molecule has 0 radical (unpaired) electrons. The SMILES string of the molecule is CCOC(=O)c1coc(NC[C@H](O)c2ccccc2F)n1. The molecule has 0 aliphatic carbocycles. The van der Waals surface area contributed by atoms with E-state index in [1.807, 2.05) is 0 Å². The molecule has 0 amide bonds. The molecule has 0 saturated carbocycles. The largest absolute Gasteiger partial charge is 0.461 e. The number of rotatable bonds is 6. The molecule has 1 aromatic heterocycles. The monoisotopic (exact) mass is 294 g/mol. The fraction of sp³-hybridized carbons (Fsp3) is 0.286. The molecule has 1 atom stereocenters. The van der Waals surface area contributed by atoms with E-state index in [-0.39, 0.29) is 30.4 Å². The first-order chi connectivity index (χ1) is 10.1. The van der Waals surface area contributed by atoms with E-state index in [1.54, 1.807) is 19.1 Å². The second-order valence-corrected chi connectivity index (χ2v) is 4.18. The first-order valence-corrected chi connectivity index (χ1v) is 6.40. The van der Waals surface area contributed by atoms with Crippen LogP contribution >= 0.6 is 0 Å². The summed E-state index contributed by atoms with van der Waals surface area (Å²) in [6.45, 7) is 1.91. The minimum atomic E-state index is -1.07. The molecule has 2 N–H and O–H groups in total. The van der Waals surface area contributed by atoms with Gasteiger partial charge in [-0.2, -0.15) is 4.98 Å². The molecule has 0 spiro atoms. The van der Waals surface area contributed by atoms with Gasteiger partial charge in [0, 0.05) is 12.1 Å². The number of aromatic nitrogens is 1. The highest BCUT2D eigenvalue weighted by atomic mass is 19.1. The van der Waals surface area contributed by atoms with E-state index in [1.165, 1.54) is 12.1 Å². The van der Waals surface area contributed by atoms with Crippen LogP contribution < -0.4 is 5.32 Å². The highest BCUT2D eigenvalue weighted by Crippen LogP contribution is 2.17. The van der Waals surface area contributed by atoms with Gasteiger partial charge in [-0.05, 0) is 13.0 Å². The van der Waals surface area contributed by atoms with Gasteiger partial charge in [-0.1, -0.05) is 18.2 Å². The van der Waals surface area contributed by atoms with E-state index >= 15 is 0 Å². The van der Waals surface area contributed by atoms with Gasteiger partial charge in [-0.15, -0.1) is 0 Å². The molecule has 2 aromatic rings. The second-order valence-electron chi connectivity index (χ2n) is 4.18. The lowest BCUT2D eigenvalue weighted by Crippen LogP contribution is -2.14. The second kappa shape index (κ2) is 6.85. The topological polar surface area (TPSA) is 84.6 Å². The summed E-state index contributed by atoms with van der Waals surface area (Å²) in [7, 11) is 0. The van der Waals surface area contributed by atoms with Crippen molar-refractivity contribution in [1.82, 2.24) is 4.98 Å². The number of esters is 1. The molecule has 21 heavy (non-hydrogen) atoms. The highest BCUT2D eigenvalue weighted by Gasteiger charge is 2.15. The molecule has 0 saturated heterocycles. The summed E-state index contributed by atoms with van der Waals surface area (Å²) in [4.78, 5) is 15.3. The van der Waals surface area contributed by atoms with Gasteiger partial charge in [0.15, 0.2) is 5.69 Å². The molecule has 0 aliphatic heterocycles. The first-order valence-electron chi connectivity index (χ1n) is 6.40. The third kappa shape index (κ3) is 3.79. The number of hydrogen-bond donors (Lipinski definition) is 2. The zero-order valence-corrected chi connectivity index (χ0v) is 11.4. The quantitative estimate of drug-likeness (QED) is 0.794. The lowest BCUT2D eigenvalue weighted by Gasteiger charge is -2.11. The summed E-state index contributed by atoms with van der Waals surface area (Å²) in [6, 6.07) is 5.97. The van der Waals surface area contributed by atoms with E-state index in [4.69, 9.17) is 9.15 Å². The maximum absolute atomic E-state index is 13.5. The van der Waals surface area contributed by atoms with Crippen LogP contribution in [0.2, 0.25) is 0 Å². The van der Waals surface area contributed by atoms with Gasteiger partial charge in [0.25, 0.3) is 6.01 Å². The molecule has 0 aliphatic rings. The number of nitrogens with zero attached hydrogens (tertiary/aromatic N) is 1. The van der Waals surface area contributed by atoms with Crippen LogP contribution in [0.15, 0.2) is 34.9 Å². The number of hydrogen-bond acceptors (Lipinski definition) is 6. The van der Waals surface area contributed by atoms with Crippen LogP contribution in [-0.2, 0) is 4.74 Å². The van der Waals surface area contributed by atoms with Gasteiger partial charge in [0.1, 0.15) is 12.1 Å². The smallest absolute Gasteiger partial charge is 0.360 e. The van der Waals surface area contributed by atoms with Gasteiger partial charge < -0.3 is 19.6 Å². The van der Waals surface area contributed by atoms with Crippen molar-refractivity contribution in [2.45, 2.75) is 13.0 Å². The Labute approximate surface area is 120 Å². The number of carbonyl (C=O) groups is 1. The summed E-state index contributed by atoms with van der Waals surface area (Å²) < 4.78 is 23.3. The average molecular weight is 294 g/mol. The minimum Gasteiger partial charge on any atom is -0.461 e. The summed E-state index contributed by atoms with van der Waals surface area (Å²) in [5.74, 6) is -1.09. The zero-order valence-electron chi connectivity index (χ0n) is 11.4. The van der Waals surface area contributed by atoms with Crippen molar-refractivity contribution in [3.8, 4) is 0 Å². The van der Waals surface area contributed by atoms with Gasteiger partial charge in [0.05, 0.1) is 12.7 Å². The molecule has 0 unspecified atom stereocenters. The third-order valence-electron chi connectivity index (χ3n) is 2.70. The van der Waals surface area contributed by atoms with E-state index in [0.29, 0.717) is 0 Å². The molecule has 1 aromatic carbocycles. The molecule has 2 rings (SSSR count). The van der Waals surface area contributed by atoms with Crippen molar-refractivity contribution in [1.29, 1.82) is 0 Å². The maximum Gasteiger partial charge on any atom is 0.360 e. The Morgan fingerprint density at radius 2 is 2.29 bits per heavy atom. The maximum atomic E-state index is 13.5. The number of benzene rings is 1. The van der Waals surface area contributed by atoms with Crippen LogP contribution in [0.5, 0.6) is 0 Å². The van der Waals surface area contributed by atoms with E-state index in [9.17, 15) is 14.3 Å². The van der Waals surface area contributed by atoms with E-state index in [2.05, 4.69) is 10.3 Å². The molecule has 6 nitrogen and oxygen atoms in total. The normalized spacial score (nSPS) is 12.0. The lowest BCUT2D eigenvalue weighted by molar-refractivity contribution is 0.0519. The van der Waals surface area contributed by atoms with Crippen LogP contribution in [0.3, 0.4) is 0 Å². The Hall–Kier alpha value is -2.41. The standard InChI is InChI=1S/C14H15FN2O4/c1-2-20-13(19)11-8-21-14(17-11)16-7-12(18)9-5-3-4-6-10(9)15/h3-6,8,12,18H,2,7H2,1H3,(H,16,17)/t12-/m0/s1. The van der Waals surface area contributed by atoms with Crippen molar-refractivity contribution in [3.05, 3.63) is 47.6 Å². The van der Waals surface area contributed by atoms with Gasteiger partial charge in [-0.3, -0.25) is 0 Å². The van der Waals surface area contributed by atoms with E-state index < -0.39 is 17.9 Å². The minimum absolute atomic E-state index is 0.0102. The van der Waals surface area contributed by atoms with Crippen molar-refractivity contribution >= 4 is 12.0 Å². The number of aliphatic hydroxyl groups excluding tert-OH is 1. The van der Waals surface area contributed by atoms with Crippen molar-refractivity contribution in [2.75, 3.05) is 18.5 Å². The van der Waals surface area contributed by atoms with Crippen LogP contribution in [0.4, 0.5) is 10.4 Å². The summed E-state index contributed by atoms with van der Waals surface area (Å²) >= 11 is 0. The summed E-state index contributed by atoms with van der Waals surface area (Å²) in [5, 5.41) is 12.6. The Balaban J connectivity index is 1.94. The van der Waals surface area contributed by atoms with Gasteiger partial charge in [-0.25, -0.2) is 9.18 Å². The van der Waals surface area contributed by atoms with Crippen molar-refractivity contribution in [3.63, 3.8) is 0 Å². The fourth-order valence-corrected chi connectivity index (χ4v) is 1.69. The summed E-state index contributed by atoms with van der Waals surface area (Å²) in [5.41, 5.74) is 0.196. The Morgan fingerprint density at radius 3 is 3.00 bits per heavy atom. The molecule has 7 heteroatoms. The number of carbonyl (C=O) groups excluding carboxylic acids is 1. The predicted molar refractivity (Wildman–Crippen MR) is 72.3 cm³/mol. The number of aliphatic hydroxyl groups is 1. The highest BCUT2D eigenvalue weighted by molar-refractivity contribution is 5.87. The molecule has 0 bridgehead atoms. The molecular weight excluding hydrogens is 279 g/mol. The third-order valence-corrected chi connectivity index (χ3v) is 2.70. The average Bonchev–Trinajstić information content (AvgIpc) is 2.94. The zero-order chi connectivity index (χ0) is 15.2. The number of nitrogens with one attached hydrogen (secondary N) is 1. The Kier molecular flexibility index (Phi) is 4.89. The van der Waals surface area contributed by atoms with Crippen LogP contribution in [0.25, 0.3) is 0 Å². The number of anilines is 1. The van der Waals surface area contributed by atoms with E-state index in [0.717, 1.165) is 6.26 Å². The molecular formula is C14H15FN2O4. The van der Waals surface area contributed by atoms with Crippen LogP contribution in [0.1, 0.15) is 29.1 Å². The van der Waals surface area contributed by atoms with Crippen molar-refractivity contribution < 1.29 is 23.4 Å². The van der Waals surface area contributed by atoms with Crippen LogP contribution in [0, 0.1) is 5.82 Å². The van der Waals surface area contributed by atoms with Gasteiger partial charge in [0.2, 0.25) is 0 Å². The summed E-state index contributed by atoms with van der Waals surface area (Å²) in [6.07, 6.45) is 0.0830. The predicted octanol–water partition coefficient (Wildman–Crippen LogP) is 2.14. The fourth-order valence-electron chi connectivity index (χ4n) is 1.69. The molecule has 1 heterocycles. The van der Waals surface area contributed by atoms with Gasteiger partial charge >= 0.3 is 5.97 Å². The number of halogens is 1. The van der Waals surface area contributed by atoms with Crippen LogP contribution in [-0.4, -0.2) is 29.2 Å². The first kappa shape index (κ1) is 15.0. The molecule has 0 fully saturated rings. The Bertz CT molecular complexity index is 615. The Morgan fingerprint density at radius 1 is 1.52 bits per heavy atom. The number of ether oxygens (including phenoxy) is 1.